The molecule has 26 heavy (non-hydrogen) atoms. The Morgan fingerprint density at radius 2 is 2.12 bits per heavy atom. The van der Waals surface area contributed by atoms with Gasteiger partial charge in [0.25, 0.3) is 0 Å². The molecule has 0 fully saturated rings. The number of carbonyl (C=O) groups excluding carboxylic acids is 1. The van der Waals surface area contributed by atoms with Gasteiger partial charge in [-0.2, -0.15) is 0 Å². The average Bonchev–Trinajstić information content (AvgIpc) is 3.17. The number of phenols is 1. The van der Waals surface area contributed by atoms with Crippen molar-refractivity contribution in [3.05, 3.63) is 59.4 Å². The number of hydrogen-bond acceptors (Lipinski definition) is 6. The van der Waals surface area contributed by atoms with Gasteiger partial charge in [0, 0.05) is 5.56 Å². The van der Waals surface area contributed by atoms with E-state index >= 15 is 0 Å². The van der Waals surface area contributed by atoms with Crippen LogP contribution in [-0.4, -0.2) is 31.1 Å². The molecule has 0 saturated carbocycles. The highest BCUT2D eigenvalue weighted by Gasteiger charge is 2.16. The maximum absolute atomic E-state index is 11.6. The zero-order valence-electron chi connectivity index (χ0n) is 14.7. The van der Waals surface area contributed by atoms with Crippen LogP contribution in [0, 0.1) is 0 Å². The number of phenolic OH excluding ortho intramolecular Hbond substituents is 1. The second-order valence-electron chi connectivity index (χ2n) is 5.96. The molecule has 3 rings (SSSR count). The molecule has 0 unspecified atom stereocenters. The van der Waals surface area contributed by atoms with Gasteiger partial charge in [-0.1, -0.05) is 25.5 Å². The molecule has 0 amide bonds. The van der Waals surface area contributed by atoms with Crippen molar-refractivity contribution in [2.45, 2.75) is 33.3 Å². The number of hydrogen-bond donors (Lipinski definition) is 1. The summed E-state index contributed by atoms with van der Waals surface area (Å²) in [4.78, 5) is 11.6. The van der Waals surface area contributed by atoms with Crippen molar-refractivity contribution in [1.82, 2.24) is 20.2 Å². The predicted octanol–water partition coefficient (Wildman–Crippen LogP) is 3.10. The van der Waals surface area contributed by atoms with Crippen LogP contribution >= 0.6 is 0 Å². The molecular formula is C19H20N4O3. The summed E-state index contributed by atoms with van der Waals surface area (Å²) < 4.78 is 7.50. The van der Waals surface area contributed by atoms with Crippen LogP contribution in [0.1, 0.15) is 41.8 Å². The second-order valence-corrected chi connectivity index (χ2v) is 5.96. The van der Waals surface area contributed by atoms with Gasteiger partial charge in [0.05, 0.1) is 11.3 Å². The van der Waals surface area contributed by atoms with Crippen LogP contribution < -0.4 is 4.74 Å². The molecule has 3 aromatic rings. The third-order valence-corrected chi connectivity index (χ3v) is 4.04. The maximum atomic E-state index is 11.6. The summed E-state index contributed by atoms with van der Waals surface area (Å²) in [6, 6.07) is 11.0. The quantitative estimate of drug-likeness (QED) is 0.657. The molecule has 1 N–H and O–H groups in total. The molecule has 0 atom stereocenters. The van der Waals surface area contributed by atoms with Crippen molar-refractivity contribution in [3.63, 3.8) is 0 Å². The molecule has 0 aliphatic carbocycles. The summed E-state index contributed by atoms with van der Waals surface area (Å²) in [5.41, 5.74) is 2.76. The lowest BCUT2D eigenvalue weighted by Crippen LogP contribution is -2.03. The highest BCUT2D eigenvalue weighted by molar-refractivity contribution is 5.97. The highest BCUT2D eigenvalue weighted by Crippen LogP contribution is 2.33. The summed E-state index contributed by atoms with van der Waals surface area (Å²) >= 11 is 0. The number of Topliss-reactive ketones (excluding diaryl/α,β-unsaturated/α-hetero) is 1. The van der Waals surface area contributed by atoms with Gasteiger partial charge in [0.2, 0.25) is 0 Å². The summed E-state index contributed by atoms with van der Waals surface area (Å²) in [6.07, 6.45) is 2.99. The van der Waals surface area contributed by atoms with E-state index in [1.165, 1.54) is 13.3 Å². The minimum atomic E-state index is -0.166. The van der Waals surface area contributed by atoms with Gasteiger partial charge in [-0.05, 0) is 53.6 Å². The number of tetrazole rings is 1. The van der Waals surface area contributed by atoms with Crippen LogP contribution in [0.15, 0.2) is 42.7 Å². The van der Waals surface area contributed by atoms with E-state index in [1.54, 1.807) is 16.8 Å². The fourth-order valence-electron chi connectivity index (χ4n) is 2.76. The first kappa shape index (κ1) is 17.6. The van der Waals surface area contributed by atoms with Gasteiger partial charge in [-0.15, -0.1) is 5.10 Å². The Labute approximate surface area is 151 Å². The van der Waals surface area contributed by atoms with Crippen molar-refractivity contribution in [1.29, 1.82) is 0 Å². The molecule has 7 heteroatoms. The van der Waals surface area contributed by atoms with Crippen LogP contribution in [0.3, 0.4) is 0 Å². The minimum absolute atomic E-state index is 0.0132. The SMILES string of the molecule is CCCc1c(OCc2cccc(-n3cnnn3)c2)ccc(C(C)=O)c1O. The molecule has 0 aliphatic rings. The van der Waals surface area contributed by atoms with Crippen LogP contribution in [-0.2, 0) is 13.0 Å². The Bertz CT molecular complexity index is 907. The van der Waals surface area contributed by atoms with Crippen LogP contribution in [0.4, 0.5) is 0 Å². The second kappa shape index (κ2) is 7.77. The van der Waals surface area contributed by atoms with Gasteiger partial charge < -0.3 is 9.84 Å². The zero-order chi connectivity index (χ0) is 18.5. The molecule has 1 aromatic heterocycles. The number of ether oxygens (including phenoxy) is 1. The number of carbonyl (C=O) groups is 1. The van der Waals surface area contributed by atoms with E-state index in [-0.39, 0.29) is 11.5 Å². The summed E-state index contributed by atoms with van der Waals surface area (Å²) in [5.74, 6) is 0.432. The monoisotopic (exact) mass is 352 g/mol. The van der Waals surface area contributed by atoms with Crippen molar-refractivity contribution < 1.29 is 14.6 Å². The Morgan fingerprint density at radius 3 is 2.81 bits per heavy atom. The van der Waals surface area contributed by atoms with Gasteiger partial charge >= 0.3 is 0 Å². The standard InChI is InChI=1S/C19H20N4O3/c1-3-5-17-18(9-8-16(13(2)24)19(17)25)26-11-14-6-4-7-15(10-14)23-12-20-21-22-23/h4,6-10,12,25H,3,5,11H2,1-2H3. The number of ketones is 1. The lowest BCUT2D eigenvalue weighted by atomic mass is 10.0. The van der Waals surface area contributed by atoms with Gasteiger partial charge in [-0.25, -0.2) is 4.68 Å². The molecule has 1 heterocycles. The molecule has 7 nitrogen and oxygen atoms in total. The molecule has 0 aliphatic heterocycles. The molecule has 0 bridgehead atoms. The number of aromatic nitrogens is 4. The predicted molar refractivity (Wildman–Crippen MR) is 95.6 cm³/mol. The van der Waals surface area contributed by atoms with Crippen LogP contribution in [0.5, 0.6) is 11.5 Å². The number of nitrogens with zero attached hydrogens (tertiary/aromatic N) is 4. The van der Waals surface area contributed by atoms with Crippen molar-refractivity contribution in [2.75, 3.05) is 0 Å². The Kier molecular flexibility index (Phi) is 5.26. The normalized spacial score (nSPS) is 10.7. The summed E-state index contributed by atoms with van der Waals surface area (Å²) in [5, 5.41) is 21.5. The van der Waals surface area contributed by atoms with Crippen molar-refractivity contribution in [3.8, 4) is 17.2 Å². The average molecular weight is 352 g/mol. The third-order valence-electron chi connectivity index (χ3n) is 4.04. The van der Waals surface area contributed by atoms with Crippen LogP contribution in [0.25, 0.3) is 5.69 Å². The lowest BCUT2D eigenvalue weighted by molar-refractivity contribution is 0.101. The van der Waals surface area contributed by atoms with Gasteiger partial charge in [0.1, 0.15) is 24.4 Å². The van der Waals surface area contributed by atoms with E-state index in [0.29, 0.717) is 29.9 Å². The fraction of sp³-hybridized carbons (Fsp3) is 0.263. The number of aromatic hydroxyl groups is 1. The summed E-state index contributed by atoms with van der Waals surface area (Å²) in [7, 11) is 0. The van der Waals surface area contributed by atoms with E-state index in [2.05, 4.69) is 15.5 Å². The molecule has 0 radical (unpaired) electrons. The molecular weight excluding hydrogens is 332 g/mol. The van der Waals surface area contributed by atoms with Crippen molar-refractivity contribution >= 4 is 5.78 Å². The molecule has 2 aromatic carbocycles. The number of rotatable bonds is 7. The van der Waals surface area contributed by atoms with Crippen LogP contribution in [0.2, 0.25) is 0 Å². The summed E-state index contributed by atoms with van der Waals surface area (Å²) in [6.45, 7) is 3.78. The first-order valence-electron chi connectivity index (χ1n) is 8.41. The molecule has 134 valence electrons. The molecule has 0 saturated heterocycles. The Morgan fingerprint density at radius 1 is 1.27 bits per heavy atom. The first-order chi connectivity index (χ1) is 12.6. The first-order valence-corrected chi connectivity index (χ1v) is 8.41. The van der Waals surface area contributed by atoms with Gasteiger partial charge in [0.15, 0.2) is 5.78 Å². The smallest absolute Gasteiger partial charge is 0.163 e. The maximum Gasteiger partial charge on any atom is 0.163 e. The van der Waals surface area contributed by atoms with Gasteiger partial charge in [-0.3, -0.25) is 4.79 Å². The number of benzene rings is 2. The Balaban J connectivity index is 1.82. The van der Waals surface area contributed by atoms with E-state index in [4.69, 9.17) is 4.74 Å². The largest absolute Gasteiger partial charge is 0.507 e. The van der Waals surface area contributed by atoms with E-state index < -0.39 is 0 Å². The Hall–Kier alpha value is -3.22. The van der Waals surface area contributed by atoms with E-state index in [0.717, 1.165) is 17.7 Å². The third kappa shape index (κ3) is 3.72. The fourth-order valence-corrected chi connectivity index (χ4v) is 2.76. The zero-order valence-corrected chi connectivity index (χ0v) is 14.7. The lowest BCUT2D eigenvalue weighted by Gasteiger charge is -2.15. The topological polar surface area (TPSA) is 90.1 Å². The van der Waals surface area contributed by atoms with E-state index in [1.807, 2.05) is 31.2 Å². The van der Waals surface area contributed by atoms with Crippen molar-refractivity contribution in [2.24, 2.45) is 0 Å². The van der Waals surface area contributed by atoms with E-state index in [9.17, 15) is 9.90 Å². The highest BCUT2D eigenvalue weighted by atomic mass is 16.5. The minimum Gasteiger partial charge on any atom is -0.507 e. The molecule has 0 spiro atoms.